The Morgan fingerprint density at radius 3 is 2.29 bits per heavy atom. The van der Waals surface area contributed by atoms with Crippen molar-refractivity contribution in [1.82, 2.24) is 0 Å². The van der Waals surface area contributed by atoms with E-state index in [-0.39, 0.29) is 17.9 Å². The molecular formula is C16H25NO3S. The van der Waals surface area contributed by atoms with Gasteiger partial charge in [0.25, 0.3) is 0 Å². The summed E-state index contributed by atoms with van der Waals surface area (Å²) in [5.41, 5.74) is 0.628. The molecule has 1 aliphatic carbocycles. The molecule has 1 aromatic carbocycles. The van der Waals surface area contributed by atoms with E-state index in [1.165, 1.54) is 6.42 Å². The van der Waals surface area contributed by atoms with Crippen molar-refractivity contribution in [2.75, 3.05) is 17.7 Å². The third-order valence-electron chi connectivity index (χ3n) is 4.21. The van der Waals surface area contributed by atoms with Gasteiger partial charge in [0, 0.05) is 5.69 Å². The Balaban J connectivity index is 2.12. The Kier molecular flexibility index (Phi) is 5.27. The lowest BCUT2D eigenvalue weighted by molar-refractivity contribution is 0.173. The molecule has 1 saturated carbocycles. The zero-order valence-corrected chi connectivity index (χ0v) is 13.5. The van der Waals surface area contributed by atoms with Gasteiger partial charge in [-0.15, -0.1) is 0 Å². The van der Waals surface area contributed by atoms with E-state index in [2.05, 4.69) is 5.32 Å². The van der Waals surface area contributed by atoms with Gasteiger partial charge in [0.2, 0.25) is 0 Å². The fourth-order valence-corrected chi connectivity index (χ4v) is 4.31. The van der Waals surface area contributed by atoms with Crippen molar-refractivity contribution >= 4 is 15.5 Å². The van der Waals surface area contributed by atoms with Crippen LogP contribution in [0.1, 0.15) is 45.4 Å². The Morgan fingerprint density at radius 1 is 1.14 bits per heavy atom. The minimum absolute atomic E-state index is 0.114. The van der Waals surface area contributed by atoms with Gasteiger partial charge in [-0.3, -0.25) is 0 Å². The van der Waals surface area contributed by atoms with Gasteiger partial charge >= 0.3 is 0 Å². The number of hydrogen-bond donors (Lipinski definition) is 2. The van der Waals surface area contributed by atoms with Crippen molar-refractivity contribution in [3.8, 4) is 0 Å². The van der Waals surface area contributed by atoms with Crippen molar-refractivity contribution in [1.29, 1.82) is 0 Å². The number of benzene rings is 1. The number of sulfone groups is 1. The maximum absolute atomic E-state index is 12.0. The molecule has 1 aromatic rings. The molecule has 118 valence electrons. The summed E-state index contributed by atoms with van der Waals surface area (Å²) >= 11 is 0. The first-order valence-corrected chi connectivity index (χ1v) is 9.38. The minimum atomic E-state index is -3.16. The molecule has 0 atom stereocenters. The minimum Gasteiger partial charge on any atom is -0.394 e. The predicted molar refractivity (Wildman–Crippen MR) is 85.3 cm³/mol. The molecule has 0 bridgehead atoms. The summed E-state index contributed by atoms with van der Waals surface area (Å²) in [5, 5.41) is 13.1. The van der Waals surface area contributed by atoms with Crippen molar-refractivity contribution < 1.29 is 13.5 Å². The molecule has 1 aliphatic rings. The second-order valence-corrected chi connectivity index (χ2v) is 8.08. The molecule has 0 spiro atoms. The molecule has 0 saturated heterocycles. The van der Waals surface area contributed by atoms with Crippen LogP contribution in [0.4, 0.5) is 5.69 Å². The lowest BCUT2D eigenvalue weighted by Gasteiger charge is -2.37. The monoisotopic (exact) mass is 311 g/mol. The van der Waals surface area contributed by atoms with Crippen LogP contribution in [0.2, 0.25) is 0 Å². The topological polar surface area (TPSA) is 66.4 Å². The molecular weight excluding hydrogens is 286 g/mol. The van der Waals surface area contributed by atoms with Gasteiger partial charge in [-0.1, -0.05) is 26.2 Å². The lowest BCUT2D eigenvalue weighted by Crippen LogP contribution is -2.43. The van der Waals surface area contributed by atoms with E-state index in [1.807, 2.05) is 6.92 Å². The molecule has 0 unspecified atom stereocenters. The first-order chi connectivity index (χ1) is 10.0. The predicted octanol–water partition coefficient (Wildman–Crippen LogP) is 2.98. The summed E-state index contributed by atoms with van der Waals surface area (Å²) < 4.78 is 24.0. The molecule has 4 nitrogen and oxygen atoms in total. The van der Waals surface area contributed by atoms with E-state index in [0.717, 1.165) is 31.4 Å². The van der Waals surface area contributed by atoms with E-state index < -0.39 is 9.84 Å². The zero-order chi connectivity index (χ0) is 15.3. The number of hydrogen-bond acceptors (Lipinski definition) is 4. The van der Waals surface area contributed by atoms with E-state index in [9.17, 15) is 13.5 Å². The molecule has 21 heavy (non-hydrogen) atoms. The van der Waals surface area contributed by atoms with Crippen molar-refractivity contribution in [3.63, 3.8) is 0 Å². The SMILES string of the molecule is CCCS(=O)(=O)c1ccc(NC2(CO)CCCCC2)cc1. The van der Waals surface area contributed by atoms with Crippen LogP contribution < -0.4 is 5.32 Å². The number of nitrogens with one attached hydrogen (secondary N) is 1. The first-order valence-electron chi connectivity index (χ1n) is 7.73. The highest BCUT2D eigenvalue weighted by Gasteiger charge is 2.31. The molecule has 0 aromatic heterocycles. The summed E-state index contributed by atoms with van der Waals surface area (Å²) in [6.07, 6.45) is 6.00. The largest absolute Gasteiger partial charge is 0.394 e. The van der Waals surface area contributed by atoms with E-state index in [0.29, 0.717) is 11.3 Å². The van der Waals surface area contributed by atoms with Crippen LogP contribution in [-0.2, 0) is 9.84 Å². The fraction of sp³-hybridized carbons (Fsp3) is 0.625. The highest BCUT2D eigenvalue weighted by Crippen LogP contribution is 2.31. The molecule has 2 rings (SSSR count). The van der Waals surface area contributed by atoms with Crippen molar-refractivity contribution in [2.24, 2.45) is 0 Å². The van der Waals surface area contributed by atoms with E-state index in [1.54, 1.807) is 24.3 Å². The summed E-state index contributed by atoms with van der Waals surface area (Å²) in [4.78, 5) is 0.372. The van der Waals surface area contributed by atoms with E-state index in [4.69, 9.17) is 0 Å². The average molecular weight is 311 g/mol. The molecule has 5 heteroatoms. The van der Waals surface area contributed by atoms with Crippen LogP contribution in [0.25, 0.3) is 0 Å². The second kappa shape index (κ2) is 6.79. The van der Waals surface area contributed by atoms with Crippen molar-refractivity contribution in [2.45, 2.75) is 55.9 Å². The molecule has 0 heterocycles. The van der Waals surface area contributed by atoms with Crippen LogP contribution in [0, 0.1) is 0 Å². The maximum Gasteiger partial charge on any atom is 0.178 e. The Hall–Kier alpha value is -1.07. The van der Waals surface area contributed by atoms with Gasteiger partial charge in [-0.2, -0.15) is 0 Å². The van der Waals surface area contributed by atoms with Crippen LogP contribution in [0.3, 0.4) is 0 Å². The normalized spacial score (nSPS) is 18.4. The zero-order valence-electron chi connectivity index (χ0n) is 12.6. The molecule has 0 aliphatic heterocycles. The summed E-state index contributed by atoms with van der Waals surface area (Å²) in [6.45, 7) is 1.98. The molecule has 0 amide bonds. The Bertz CT molecular complexity index is 545. The number of aliphatic hydroxyl groups excluding tert-OH is 1. The Morgan fingerprint density at radius 2 is 1.76 bits per heavy atom. The molecule has 0 radical (unpaired) electrons. The van der Waals surface area contributed by atoms with Gasteiger partial charge < -0.3 is 10.4 Å². The third kappa shape index (κ3) is 3.98. The standard InChI is InChI=1S/C16H25NO3S/c1-2-12-21(19,20)15-8-6-14(7-9-15)17-16(13-18)10-4-3-5-11-16/h6-9,17-18H,2-5,10-13H2,1H3. The van der Waals surface area contributed by atoms with E-state index >= 15 is 0 Å². The van der Waals surface area contributed by atoms with Gasteiger partial charge in [-0.25, -0.2) is 8.42 Å². The lowest BCUT2D eigenvalue weighted by atomic mass is 9.82. The van der Waals surface area contributed by atoms with Crippen LogP contribution >= 0.6 is 0 Å². The number of aliphatic hydroxyl groups is 1. The summed E-state index contributed by atoms with van der Waals surface area (Å²) in [7, 11) is -3.16. The summed E-state index contributed by atoms with van der Waals surface area (Å²) in [5.74, 6) is 0.181. The fourth-order valence-electron chi connectivity index (χ4n) is 2.99. The van der Waals surface area contributed by atoms with Crippen LogP contribution in [-0.4, -0.2) is 31.4 Å². The Labute approximate surface area is 127 Å². The third-order valence-corrected chi connectivity index (χ3v) is 6.15. The summed E-state index contributed by atoms with van der Waals surface area (Å²) in [6, 6.07) is 6.91. The second-order valence-electron chi connectivity index (χ2n) is 5.97. The van der Waals surface area contributed by atoms with Crippen LogP contribution in [0.5, 0.6) is 0 Å². The molecule has 2 N–H and O–H groups in total. The highest BCUT2D eigenvalue weighted by atomic mass is 32.2. The van der Waals surface area contributed by atoms with Crippen LogP contribution in [0.15, 0.2) is 29.2 Å². The first kappa shape index (κ1) is 16.3. The van der Waals surface area contributed by atoms with Gasteiger partial charge in [0.15, 0.2) is 9.84 Å². The van der Waals surface area contributed by atoms with Gasteiger partial charge in [0.05, 0.1) is 22.8 Å². The van der Waals surface area contributed by atoms with Gasteiger partial charge in [-0.05, 0) is 43.5 Å². The number of anilines is 1. The van der Waals surface area contributed by atoms with Crippen molar-refractivity contribution in [3.05, 3.63) is 24.3 Å². The highest BCUT2D eigenvalue weighted by molar-refractivity contribution is 7.91. The maximum atomic E-state index is 12.0. The van der Waals surface area contributed by atoms with Gasteiger partial charge in [0.1, 0.15) is 0 Å². The number of rotatable bonds is 6. The molecule has 1 fully saturated rings. The quantitative estimate of drug-likeness (QED) is 0.847. The smallest absolute Gasteiger partial charge is 0.178 e. The average Bonchev–Trinajstić information content (AvgIpc) is 2.49.